The van der Waals surface area contributed by atoms with Gasteiger partial charge in [-0.1, -0.05) is 0 Å². The predicted octanol–water partition coefficient (Wildman–Crippen LogP) is 1.05. The standard InChI is InChI=1S/C13H14F3N3O3/c14-13(15,16)9-6-19(3-4-22-9)12(21)8-5-17-10(7-1-2-7)18-11(8)20/h5,7,9H,1-4,6H2,(H,17,18,20). The van der Waals surface area contributed by atoms with Crippen molar-refractivity contribution in [3.8, 4) is 0 Å². The van der Waals surface area contributed by atoms with Crippen molar-refractivity contribution in [2.75, 3.05) is 19.7 Å². The summed E-state index contributed by atoms with van der Waals surface area (Å²) < 4.78 is 42.6. The molecule has 9 heteroatoms. The van der Waals surface area contributed by atoms with E-state index in [-0.39, 0.29) is 24.6 Å². The molecule has 1 aliphatic carbocycles. The van der Waals surface area contributed by atoms with Crippen molar-refractivity contribution in [2.24, 2.45) is 0 Å². The lowest BCUT2D eigenvalue weighted by molar-refractivity contribution is -0.233. The first-order chi connectivity index (χ1) is 10.4. The topological polar surface area (TPSA) is 75.3 Å². The number of halogens is 3. The average Bonchev–Trinajstić information content (AvgIpc) is 3.30. The highest BCUT2D eigenvalue weighted by molar-refractivity contribution is 5.93. The molecular formula is C13H14F3N3O3. The molecule has 22 heavy (non-hydrogen) atoms. The van der Waals surface area contributed by atoms with E-state index in [0.717, 1.165) is 23.9 Å². The van der Waals surface area contributed by atoms with Crippen LogP contribution in [0.5, 0.6) is 0 Å². The summed E-state index contributed by atoms with van der Waals surface area (Å²) in [5, 5.41) is 0. The third-order valence-electron chi connectivity index (χ3n) is 3.73. The molecule has 1 aromatic rings. The number of ether oxygens (including phenoxy) is 1. The molecular weight excluding hydrogens is 303 g/mol. The third kappa shape index (κ3) is 2.99. The first-order valence-corrected chi connectivity index (χ1v) is 6.93. The van der Waals surface area contributed by atoms with Gasteiger partial charge in [-0.05, 0) is 12.8 Å². The Morgan fingerprint density at radius 2 is 2.14 bits per heavy atom. The molecule has 1 unspecified atom stereocenters. The second kappa shape index (κ2) is 5.38. The van der Waals surface area contributed by atoms with Crippen LogP contribution in [0.2, 0.25) is 0 Å². The molecule has 0 spiro atoms. The summed E-state index contributed by atoms with van der Waals surface area (Å²) in [6.07, 6.45) is -3.55. The van der Waals surface area contributed by atoms with Gasteiger partial charge in [-0.2, -0.15) is 13.2 Å². The van der Waals surface area contributed by atoms with Crippen molar-refractivity contribution in [3.63, 3.8) is 0 Å². The summed E-state index contributed by atoms with van der Waals surface area (Å²) in [7, 11) is 0. The smallest absolute Gasteiger partial charge is 0.365 e. The average molecular weight is 317 g/mol. The van der Waals surface area contributed by atoms with E-state index in [1.165, 1.54) is 0 Å². The van der Waals surface area contributed by atoms with Gasteiger partial charge in [0, 0.05) is 18.7 Å². The number of hydrogen-bond donors (Lipinski definition) is 1. The molecule has 6 nitrogen and oxygen atoms in total. The Hall–Kier alpha value is -1.90. The maximum absolute atomic E-state index is 12.7. The number of hydrogen-bond acceptors (Lipinski definition) is 4. The highest BCUT2D eigenvalue weighted by atomic mass is 19.4. The molecule has 2 heterocycles. The lowest BCUT2D eigenvalue weighted by Gasteiger charge is -2.33. The minimum atomic E-state index is -4.54. The predicted molar refractivity (Wildman–Crippen MR) is 68.5 cm³/mol. The van der Waals surface area contributed by atoms with Crippen LogP contribution >= 0.6 is 0 Å². The molecule has 1 atom stereocenters. The van der Waals surface area contributed by atoms with Crippen LogP contribution in [0.1, 0.15) is 34.9 Å². The van der Waals surface area contributed by atoms with Gasteiger partial charge in [-0.3, -0.25) is 9.59 Å². The molecule has 1 saturated heterocycles. The molecule has 1 N–H and O–H groups in total. The summed E-state index contributed by atoms with van der Waals surface area (Å²) in [5.41, 5.74) is -0.857. The van der Waals surface area contributed by atoms with Gasteiger partial charge in [0.15, 0.2) is 6.10 Å². The molecule has 3 rings (SSSR count). The number of rotatable bonds is 2. The van der Waals surface area contributed by atoms with Crippen molar-refractivity contribution in [1.82, 2.24) is 14.9 Å². The summed E-state index contributed by atoms with van der Waals surface area (Å²) in [6, 6.07) is 0. The van der Waals surface area contributed by atoms with E-state index in [1.807, 2.05) is 0 Å². The molecule has 1 saturated carbocycles. The lowest BCUT2D eigenvalue weighted by Crippen LogP contribution is -2.51. The van der Waals surface area contributed by atoms with E-state index in [4.69, 9.17) is 0 Å². The number of nitrogens with one attached hydrogen (secondary N) is 1. The molecule has 0 bridgehead atoms. The number of amides is 1. The van der Waals surface area contributed by atoms with Crippen LogP contribution in [0.25, 0.3) is 0 Å². The van der Waals surface area contributed by atoms with E-state index in [9.17, 15) is 22.8 Å². The number of morpholine rings is 1. The van der Waals surface area contributed by atoms with Gasteiger partial charge in [0.2, 0.25) is 0 Å². The number of carbonyl (C=O) groups is 1. The van der Waals surface area contributed by atoms with Crippen molar-refractivity contribution in [1.29, 1.82) is 0 Å². The first kappa shape index (κ1) is 15.0. The highest BCUT2D eigenvalue weighted by Crippen LogP contribution is 2.37. The van der Waals surface area contributed by atoms with E-state index in [0.29, 0.717) is 5.82 Å². The maximum Gasteiger partial charge on any atom is 0.416 e. The van der Waals surface area contributed by atoms with E-state index >= 15 is 0 Å². The van der Waals surface area contributed by atoms with Gasteiger partial charge >= 0.3 is 6.18 Å². The number of aromatic nitrogens is 2. The summed E-state index contributed by atoms with van der Waals surface area (Å²) >= 11 is 0. The van der Waals surface area contributed by atoms with Crippen molar-refractivity contribution in [3.05, 3.63) is 27.9 Å². The van der Waals surface area contributed by atoms with Gasteiger partial charge in [0.25, 0.3) is 11.5 Å². The maximum atomic E-state index is 12.7. The molecule has 1 aliphatic heterocycles. The van der Waals surface area contributed by atoms with Crippen LogP contribution < -0.4 is 5.56 Å². The van der Waals surface area contributed by atoms with Crippen LogP contribution in [0.4, 0.5) is 13.2 Å². The minimum Gasteiger partial charge on any atom is -0.365 e. The van der Waals surface area contributed by atoms with Gasteiger partial charge in [0.05, 0.1) is 13.2 Å². The largest absolute Gasteiger partial charge is 0.416 e. The molecule has 1 aromatic heterocycles. The van der Waals surface area contributed by atoms with Gasteiger partial charge in [0.1, 0.15) is 11.4 Å². The van der Waals surface area contributed by atoms with E-state index in [2.05, 4.69) is 14.7 Å². The monoisotopic (exact) mass is 317 g/mol. The Balaban J connectivity index is 1.77. The number of nitrogens with zero attached hydrogens (tertiary/aromatic N) is 2. The molecule has 2 aliphatic rings. The molecule has 120 valence electrons. The number of alkyl halides is 3. The van der Waals surface area contributed by atoms with Crippen LogP contribution in [0, 0.1) is 0 Å². The van der Waals surface area contributed by atoms with Crippen LogP contribution in [-0.4, -0.2) is 52.8 Å². The number of aromatic amines is 1. The Labute approximate surface area is 123 Å². The molecule has 0 radical (unpaired) electrons. The van der Waals surface area contributed by atoms with Crippen LogP contribution in [0.15, 0.2) is 11.0 Å². The molecule has 0 aromatic carbocycles. The molecule has 2 fully saturated rings. The van der Waals surface area contributed by atoms with Gasteiger partial charge < -0.3 is 14.6 Å². The Kier molecular flexibility index (Phi) is 3.67. The Bertz CT molecular complexity index is 639. The summed E-state index contributed by atoms with van der Waals surface area (Å²) in [5.74, 6) is -0.0137. The number of H-pyrrole nitrogens is 1. The first-order valence-electron chi connectivity index (χ1n) is 6.93. The van der Waals surface area contributed by atoms with Gasteiger partial charge in [-0.15, -0.1) is 0 Å². The summed E-state index contributed by atoms with van der Waals surface area (Å²) in [6.45, 7) is -0.831. The second-order valence-electron chi connectivity index (χ2n) is 5.44. The Morgan fingerprint density at radius 1 is 1.41 bits per heavy atom. The zero-order valence-corrected chi connectivity index (χ0v) is 11.5. The zero-order valence-electron chi connectivity index (χ0n) is 11.5. The number of carbonyl (C=O) groups excluding carboxylic acids is 1. The van der Waals surface area contributed by atoms with Crippen molar-refractivity contribution in [2.45, 2.75) is 31.0 Å². The zero-order chi connectivity index (χ0) is 15.9. The fourth-order valence-electron chi connectivity index (χ4n) is 2.33. The van der Waals surface area contributed by atoms with Crippen LogP contribution in [0.3, 0.4) is 0 Å². The minimum absolute atomic E-state index is 0.00916. The Morgan fingerprint density at radius 3 is 2.73 bits per heavy atom. The van der Waals surface area contributed by atoms with E-state index in [1.54, 1.807) is 0 Å². The van der Waals surface area contributed by atoms with Crippen LogP contribution in [-0.2, 0) is 4.74 Å². The quantitative estimate of drug-likeness (QED) is 0.885. The van der Waals surface area contributed by atoms with E-state index < -0.39 is 30.3 Å². The molecule has 1 amide bonds. The summed E-state index contributed by atoms with van der Waals surface area (Å²) in [4.78, 5) is 31.7. The van der Waals surface area contributed by atoms with Crippen molar-refractivity contribution >= 4 is 5.91 Å². The normalized spacial score (nSPS) is 22.7. The lowest BCUT2D eigenvalue weighted by atomic mass is 10.2. The highest BCUT2D eigenvalue weighted by Gasteiger charge is 2.44. The third-order valence-corrected chi connectivity index (χ3v) is 3.73. The van der Waals surface area contributed by atoms with Gasteiger partial charge in [-0.25, -0.2) is 4.98 Å². The fourth-order valence-corrected chi connectivity index (χ4v) is 2.33. The SMILES string of the molecule is O=C(c1cnc(C2CC2)[nH]c1=O)N1CCOC(C(F)(F)F)C1. The van der Waals surface area contributed by atoms with Crippen molar-refractivity contribution < 1.29 is 22.7 Å². The fraction of sp³-hybridized carbons (Fsp3) is 0.615. The second-order valence-corrected chi connectivity index (χ2v) is 5.44.